The van der Waals surface area contributed by atoms with Crippen molar-refractivity contribution in [1.82, 2.24) is 25.1 Å². The highest BCUT2D eigenvalue weighted by Crippen LogP contribution is 2.31. The van der Waals surface area contributed by atoms with E-state index in [-0.39, 0.29) is 5.75 Å². The number of nitrogens with one attached hydrogen (secondary N) is 2. The van der Waals surface area contributed by atoms with Crippen LogP contribution in [-0.4, -0.2) is 44.4 Å². The largest absolute Gasteiger partial charge is 0.496 e. The maximum atomic E-state index is 12.0. The van der Waals surface area contributed by atoms with Gasteiger partial charge >= 0.3 is 0 Å². The number of halogens is 1. The van der Waals surface area contributed by atoms with Gasteiger partial charge in [0, 0.05) is 18.3 Å². The Hall–Kier alpha value is -2.78. The number of imide groups is 1. The Bertz CT molecular complexity index is 985. The molecular formula is C17H16ClN5O3S. The molecule has 3 aromatic rings. The molecule has 27 heavy (non-hydrogen) atoms. The van der Waals surface area contributed by atoms with E-state index >= 15 is 0 Å². The van der Waals surface area contributed by atoms with Gasteiger partial charge in [-0.25, -0.2) is 4.98 Å². The highest BCUT2D eigenvalue weighted by atomic mass is 35.5. The van der Waals surface area contributed by atoms with Gasteiger partial charge in [0.15, 0.2) is 5.82 Å². The Kier molecular flexibility index (Phi) is 5.82. The third-order valence-corrected chi connectivity index (χ3v) is 4.73. The third kappa shape index (κ3) is 4.50. The first-order chi connectivity index (χ1) is 13.0. The minimum atomic E-state index is -0.451. The zero-order chi connectivity index (χ0) is 19.4. The molecule has 3 rings (SSSR count). The van der Waals surface area contributed by atoms with Gasteiger partial charge in [-0.3, -0.25) is 20.0 Å². The fourth-order valence-corrected chi connectivity index (χ4v) is 3.12. The normalized spacial score (nSPS) is 10.6. The second kappa shape index (κ2) is 8.28. The molecule has 0 saturated carbocycles. The summed E-state index contributed by atoms with van der Waals surface area (Å²) in [5.74, 6) is 0.181. The van der Waals surface area contributed by atoms with E-state index in [4.69, 9.17) is 16.3 Å². The molecule has 0 bridgehead atoms. The number of aromatic amines is 1. The van der Waals surface area contributed by atoms with Crippen LogP contribution in [0.4, 0.5) is 0 Å². The number of benzene rings is 1. The Morgan fingerprint density at radius 1 is 1.37 bits per heavy atom. The van der Waals surface area contributed by atoms with Gasteiger partial charge < -0.3 is 9.30 Å². The highest BCUT2D eigenvalue weighted by molar-refractivity contribution is 7.99. The number of ether oxygens (including phenoxy) is 1. The first kappa shape index (κ1) is 19.0. The number of amides is 2. The van der Waals surface area contributed by atoms with Crippen molar-refractivity contribution in [3.8, 4) is 17.1 Å². The number of nitrogens with zero attached hydrogens (tertiary/aromatic N) is 3. The lowest BCUT2D eigenvalue weighted by Gasteiger charge is -2.05. The summed E-state index contributed by atoms with van der Waals surface area (Å²) in [6.07, 6.45) is 1.73. The van der Waals surface area contributed by atoms with Crippen molar-refractivity contribution >= 4 is 35.2 Å². The highest BCUT2D eigenvalue weighted by Gasteiger charge is 2.15. The minimum absolute atomic E-state index is 0.000136. The molecule has 8 nitrogen and oxygen atoms in total. The summed E-state index contributed by atoms with van der Waals surface area (Å²) >= 11 is 7.13. The van der Waals surface area contributed by atoms with Gasteiger partial charge in [-0.05, 0) is 30.3 Å². The van der Waals surface area contributed by atoms with Gasteiger partial charge in [0.05, 0.1) is 18.4 Å². The lowest BCUT2D eigenvalue weighted by molar-refractivity contribution is -0.117. The van der Waals surface area contributed by atoms with E-state index in [1.807, 2.05) is 0 Å². The van der Waals surface area contributed by atoms with Gasteiger partial charge in [0.2, 0.25) is 11.1 Å². The first-order valence-electron chi connectivity index (χ1n) is 7.82. The molecule has 2 N–H and O–H groups in total. The molecule has 1 aromatic carbocycles. The molecule has 0 aliphatic heterocycles. The molecule has 0 aliphatic rings. The van der Waals surface area contributed by atoms with Crippen molar-refractivity contribution in [1.29, 1.82) is 0 Å². The predicted octanol–water partition coefficient (Wildman–Crippen LogP) is 2.52. The zero-order valence-electron chi connectivity index (χ0n) is 14.5. The summed E-state index contributed by atoms with van der Waals surface area (Å²) in [4.78, 5) is 28.3. The SMILES string of the molecule is COc1ccc(Cl)cc1-c1nc(SCC(=O)NC(=O)c2cccn2C)n[nH]1. The van der Waals surface area contributed by atoms with E-state index in [9.17, 15) is 9.59 Å². The number of aryl methyl sites for hydroxylation is 1. The molecule has 2 amide bonds. The molecule has 0 spiro atoms. The molecule has 0 atom stereocenters. The molecule has 0 saturated heterocycles. The molecule has 0 unspecified atom stereocenters. The van der Waals surface area contributed by atoms with E-state index in [1.54, 1.807) is 55.3 Å². The van der Waals surface area contributed by atoms with Crippen LogP contribution in [0.25, 0.3) is 11.4 Å². The van der Waals surface area contributed by atoms with Crippen LogP contribution < -0.4 is 10.1 Å². The molecule has 140 valence electrons. The zero-order valence-corrected chi connectivity index (χ0v) is 16.1. The molecule has 2 heterocycles. The number of carbonyl (C=O) groups excluding carboxylic acids is 2. The van der Waals surface area contributed by atoms with Crippen molar-refractivity contribution in [2.24, 2.45) is 7.05 Å². The number of aromatic nitrogens is 4. The summed E-state index contributed by atoms with van der Waals surface area (Å²) in [6.45, 7) is 0. The standard InChI is InChI=1S/C17H16ClN5O3S/c1-23-7-3-4-12(23)16(25)19-14(24)9-27-17-20-15(21-22-17)11-8-10(18)5-6-13(11)26-2/h3-8H,9H2,1-2H3,(H,19,24,25)(H,20,21,22). The molecule has 0 radical (unpaired) electrons. The fourth-order valence-electron chi connectivity index (χ4n) is 2.35. The Labute approximate surface area is 164 Å². The van der Waals surface area contributed by atoms with E-state index < -0.39 is 11.8 Å². The summed E-state index contributed by atoms with van der Waals surface area (Å²) in [5, 5.41) is 10.1. The van der Waals surface area contributed by atoms with Gasteiger partial charge in [-0.2, -0.15) is 0 Å². The summed E-state index contributed by atoms with van der Waals surface area (Å²) in [7, 11) is 3.28. The molecule has 2 aromatic heterocycles. The Balaban J connectivity index is 1.61. The number of thioether (sulfide) groups is 1. The van der Waals surface area contributed by atoms with Crippen LogP contribution in [0.1, 0.15) is 10.5 Å². The van der Waals surface area contributed by atoms with Gasteiger partial charge in [-0.1, -0.05) is 23.4 Å². The summed E-state index contributed by atoms with van der Waals surface area (Å²) < 4.78 is 6.93. The van der Waals surface area contributed by atoms with E-state index in [1.165, 1.54) is 0 Å². The average Bonchev–Trinajstić information content (AvgIpc) is 3.28. The fraction of sp³-hybridized carbons (Fsp3) is 0.176. The van der Waals surface area contributed by atoms with Crippen LogP contribution in [0.5, 0.6) is 5.75 Å². The summed E-state index contributed by atoms with van der Waals surface area (Å²) in [6, 6.07) is 8.52. The lowest BCUT2D eigenvalue weighted by Crippen LogP contribution is -2.32. The van der Waals surface area contributed by atoms with Crippen molar-refractivity contribution in [3.63, 3.8) is 0 Å². The Morgan fingerprint density at radius 2 is 2.19 bits per heavy atom. The van der Waals surface area contributed by atoms with E-state index in [2.05, 4.69) is 20.5 Å². The van der Waals surface area contributed by atoms with Crippen LogP contribution in [0, 0.1) is 0 Å². The van der Waals surface area contributed by atoms with Crippen molar-refractivity contribution in [3.05, 3.63) is 47.2 Å². The molecular weight excluding hydrogens is 390 g/mol. The van der Waals surface area contributed by atoms with Crippen molar-refractivity contribution < 1.29 is 14.3 Å². The van der Waals surface area contributed by atoms with E-state index in [0.29, 0.717) is 33.0 Å². The number of rotatable bonds is 6. The van der Waals surface area contributed by atoms with Crippen LogP contribution in [0.3, 0.4) is 0 Å². The van der Waals surface area contributed by atoms with Crippen LogP contribution in [-0.2, 0) is 11.8 Å². The number of H-pyrrole nitrogens is 1. The minimum Gasteiger partial charge on any atom is -0.496 e. The van der Waals surface area contributed by atoms with Crippen molar-refractivity contribution in [2.75, 3.05) is 12.9 Å². The number of methoxy groups -OCH3 is 1. The smallest absolute Gasteiger partial charge is 0.274 e. The van der Waals surface area contributed by atoms with Gasteiger partial charge in [-0.15, -0.1) is 5.10 Å². The summed E-state index contributed by atoms with van der Waals surface area (Å²) in [5.41, 5.74) is 1.06. The second-order valence-corrected chi connectivity index (χ2v) is 6.86. The van der Waals surface area contributed by atoms with Crippen molar-refractivity contribution in [2.45, 2.75) is 5.16 Å². The topological polar surface area (TPSA) is 102 Å². The van der Waals surface area contributed by atoms with Crippen LogP contribution >= 0.6 is 23.4 Å². The number of carbonyl (C=O) groups is 2. The van der Waals surface area contributed by atoms with Gasteiger partial charge in [0.1, 0.15) is 11.4 Å². The maximum absolute atomic E-state index is 12.0. The monoisotopic (exact) mass is 405 g/mol. The predicted molar refractivity (Wildman–Crippen MR) is 102 cm³/mol. The Morgan fingerprint density at radius 3 is 2.89 bits per heavy atom. The van der Waals surface area contributed by atoms with Gasteiger partial charge in [0.25, 0.3) is 5.91 Å². The number of hydrogen-bond acceptors (Lipinski definition) is 6. The van der Waals surface area contributed by atoms with Crippen LogP contribution in [0.15, 0.2) is 41.7 Å². The quantitative estimate of drug-likeness (QED) is 0.611. The average molecular weight is 406 g/mol. The van der Waals surface area contributed by atoms with E-state index in [0.717, 1.165) is 11.8 Å². The van der Waals surface area contributed by atoms with Crippen LogP contribution in [0.2, 0.25) is 5.02 Å². The maximum Gasteiger partial charge on any atom is 0.274 e. The lowest BCUT2D eigenvalue weighted by atomic mass is 10.2. The molecule has 0 aliphatic carbocycles. The molecule has 0 fully saturated rings. The second-order valence-electron chi connectivity index (χ2n) is 5.48. The molecule has 10 heteroatoms. The third-order valence-electron chi connectivity index (χ3n) is 3.64. The number of hydrogen-bond donors (Lipinski definition) is 2. The first-order valence-corrected chi connectivity index (χ1v) is 9.19.